The number of ether oxygens (including phenoxy) is 1. The van der Waals surface area contributed by atoms with Gasteiger partial charge in [0.25, 0.3) is 0 Å². The Morgan fingerprint density at radius 2 is 1.68 bits per heavy atom. The van der Waals surface area contributed by atoms with Crippen LogP contribution in [0.2, 0.25) is 0 Å². The first kappa shape index (κ1) is 31.5. The Balaban J connectivity index is 3.47. The number of alkyl carbamates (subject to hydrolysis) is 1. The molecular weight excluding hydrogens is 472 g/mol. The van der Waals surface area contributed by atoms with Crippen molar-refractivity contribution >= 4 is 23.8 Å². The lowest BCUT2D eigenvalue weighted by atomic mass is 10.00. The quantitative estimate of drug-likeness (QED) is 0.259. The molecule has 0 bridgehead atoms. The van der Waals surface area contributed by atoms with E-state index in [4.69, 9.17) is 16.9 Å². The molecule has 0 aliphatic rings. The summed E-state index contributed by atoms with van der Waals surface area (Å²) in [5, 5.41) is 5.39. The van der Waals surface area contributed by atoms with Crippen LogP contribution in [0.15, 0.2) is 24.3 Å². The zero-order chi connectivity index (χ0) is 28.0. The van der Waals surface area contributed by atoms with Gasteiger partial charge in [0.05, 0.1) is 6.42 Å². The smallest absolute Gasteiger partial charge is 0.408 e. The Bertz CT molecular complexity index is 947. The van der Waals surface area contributed by atoms with Crippen LogP contribution in [0, 0.1) is 12.3 Å². The molecule has 1 aromatic rings. The predicted octanol–water partition coefficient (Wildman–Crippen LogP) is 3.41. The molecule has 0 aromatic heterocycles. The highest BCUT2D eigenvalue weighted by Crippen LogP contribution is 2.24. The van der Waals surface area contributed by atoms with Gasteiger partial charge in [-0.2, -0.15) is 0 Å². The molecule has 0 saturated carbocycles. The maximum atomic E-state index is 13.9. The van der Waals surface area contributed by atoms with E-state index >= 15 is 0 Å². The molecule has 0 aliphatic heterocycles. The highest BCUT2D eigenvalue weighted by atomic mass is 16.6. The van der Waals surface area contributed by atoms with Gasteiger partial charge in [-0.25, -0.2) is 4.79 Å². The average Bonchev–Trinajstić information content (AvgIpc) is 2.81. The number of rotatable bonds is 14. The van der Waals surface area contributed by atoms with E-state index in [9.17, 15) is 19.2 Å². The van der Waals surface area contributed by atoms with Gasteiger partial charge in [0, 0.05) is 18.7 Å². The Morgan fingerprint density at radius 3 is 2.19 bits per heavy atom. The van der Waals surface area contributed by atoms with Gasteiger partial charge in [-0.3, -0.25) is 14.4 Å². The molecule has 1 rings (SSSR count). The van der Waals surface area contributed by atoms with Crippen molar-refractivity contribution in [1.82, 2.24) is 15.5 Å². The lowest BCUT2D eigenvalue weighted by Gasteiger charge is -2.34. The number of unbranched alkanes of at least 4 members (excludes halogenated alkanes) is 3. The average molecular weight is 515 g/mol. The minimum atomic E-state index is -1.30. The van der Waals surface area contributed by atoms with Crippen molar-refractivity contribution in [2.45, 2.75) is 90.8 Å². The van der Waals surface area contributed by atoms with E-state index in [0.717, 1.165) is 25.7 Å². The summed E-state index contributed by atoms with van der Waals surface area (Å²) >= 11 is 0. The molecule has 0 spiro atoms. The number of primary amides is 1. The number of carbonyl (C=O) groups is 4. The molecule has 2 atom stereocenters. The standard InChI is InChI=1S/C28H42N4O5/c1-7-10-12-18-32(26(35)22(19-23(29)33)31-27(36)37-28(4,5)6)24(25(34)30-17-11-8-2)21-15-13-20(9-3)14-16-21/h3,13-16,22,24H,7-8,10-12,17-19H2,1-2,4-6H3,(H2,29,33)(H,30,34)(H,31,36). The first-order valence-corrected chi connectivity index (χ1v) is 12.9. The van der Waals surface area contributed by atoms with E-state index in [0.29, 0.717) is 24.1 Å². The van der Waals surface area contributed by atoms with Crippen molar-refractivity contribution in [2.24, 2.45) is 5.73 Å². The fourth-order valence-corrected chi connectivity index (χ4v) is 3.67. The highest BCUT2D eigenvalue weighted by molar-refractivity contribution is 5.94. The van der Waals surface area contributed by atoms with Crippen LogP contribution in [0.5, 0.6) is 0 Å². The summed E-state index contributed by atoms with van der Waals surface area (Å²) in [7, 11) is 0. The van der Waals surface area contributed by atoms with Gasteiger partial charge in [-0.05, 0) is 51.3 Å². The molecule has 204 valence electrons. The number of carbonyl (C=O) groups excluding carboxylic acids is 4. The number of hydrogen-bond acceptors (Lipinski definition) is 5. The second-order valence-electron chi connectivity index (χ2n) is 9.92. The molecule has 0 fully saturated rings. The SMILES string of the molecule is C#Cc1ccc(C(C(=O)NCCCC)N(CCCCC)C(=O)C(CC(N)=O)NC(=O)OC(C)(C)C)cc1. The van der Waals surface area contributed by atoms with Crippen molar-refractivity contribution in [3.05, 3.63) is 35.4 Å². The summed E-state index contributed by atoms with van der Waals surface area (Å²) < 4.78 is 5.29. The van der Waals surface area contributed by atoms with Gasteiger partial charge in [0.15, 0.2) is 0 Å². The summed E-state index contributed by atoms with van der Waals surface area (Å²) in [5.74, 6) is 0.812. The molecule has 2 unspecified atom stereocenters. The Morgan fingerprint density at radius 1 is 1.05 bits per heavy atom. The Kier molecular flexibility index (Phi) is 13.2. The van der Waals surface area contributed by atoms with Crippen molar-refractivity contribution in [3.63, 3.8) is 0 Å². The third-order valence-electron chi connectivity index (χ3n) is 5.46. The van der Waals surface area contributed by atoms with Crippen molar-refractivity contribution in [3.8, 4) is 12.3 Å². The third-order valence-corrected chi connectivity index (χ3v) is 5.46. The first-order chi connectivity index (χ1) is 17.4. The highest BCUT2D eigenvalue weighted by Gasteiger charge is 2.36. The molecule has 0 saturated heterocycles. The van der Waals surface area contributed by atoms with Crippen molar-refractivity contribution in [1.29, 1.82) is 0 Å². The van der Waals surface area contributed by atoms with E-state index in [-0.39, 0.29) is 12.5 Å². The number of nitrogens with zero attached hydrogens (tertiary/aromatic N) is 1. The number of nitrogens with one attached hydrogen (secondary N) is 2. The third kappa shape index (κ3) is 11.4. The molecule has 0 aliphatic carbocycles. The van der Waals surface area contributed by atoms with E-state index in [1.54, 1.807) is 45.0 Å². The monoisotopic (exact) mass is 514 g/mol. The fraction of sp³-hybridized carbons (Fsp3) is 0.571. The normalized spacial score (nSPS) is 12.5. The van der Waals surface area contributed by atoms with Gasteiger partial charge in [-0.1, -0.05) is 51.2 Å². The number of terminal acetylenes is 1. The van der Waals surface area contributed by atoms with Crippen LogP contribution < -0.4 is 16.4 Å². The van der Waals surface area contributed by atoms with Crippen molar-refractivity contribution < 1.29 is 23.9 Å². The van der Waals surface area contributed by atoms with Crippen LogP contribution in [0.4, 0.5) is 4.79 Å². The number of amides is 4. The lowest BCUT2D eigenvalue weighted by Crippen LogP contribution is -2.54. The Labute approximate surface area is 220 Å². The summed E-state index contributed by atoms with van der Waals surface area (Å²) in [6, 6.07) is 4.54. The van der Waals surface area contributed by atoms with Crippen LogP contribution in [0.1, 0.15) is 90.3 Å². The van der Waals surface area contributed by atoms with Crippen LogP contribution in [-0.4, -0.2) is 53.4 Å². The van der Waals surface area contributed by atoms with Gasteiger partial charge in [0.2, 0.25) is 17.7 Å². The topological polar surface area (TPSA) is 131 Å². The minimum absolute atomic E-state index is 0.237. The maximum absolute atomic E-state index is 13.9. The molecule has 0 radical (unpaired) electrons. The van der Waals surface area contributed by atoms with Crippen LogP contribution >= 0.6 is 0 Å². The molecule has 0 heterocycles. The fourth-order valence-electron chi connectivity index (χ4n) is 3.67. The molecule has 4 amide bonds. The second-order valence-corrected chi connectivity index (χ2v) is 9.92. The minimum Gasteiger partial charge on any atom is -0.444 e. The zero-order valence-corrected chi connectivity index (χ0v) is 22.8. The zero-order valence-electron chi connectivity index (χ0n) is 22.8. The van der Waals surface area contributed by atoms with E-state index in [1.807, 2.05) is 13.8 Å². The molecular formula is C28H42N4O5. The first-order valence-electron chi connectivity index (χ1n) is 12.9. The summed E-state index contributed by atoms with van der Waals surface area (Å²) in [4.78, 5) is 53.1. The molecule has 4 N–H and O–H groups in total. The van der Waals surface area contributed by atoms with E-state index in [1.165, 1.54) is 4.90 Å². The molecule has 9 nitrogen and oxygen atoms in total. The largest absolute Gasteiger partial charge is 0.444 e. The van der Waals surface area contributed by atoms with E-state index < -0.39 is 42.0 Å². The predicted molar refractivity (Wildman–Crippen MR) is 143 cm³/mol. The lowest BCUT2D eigenvalue weighted by molar-refractivity contribution is -0.143. The van der Waals surface area contributed by atoms with Gasteiger partial charge >= 0.3 is 6.09 Å². The van der Waals surface area contributed by atoms with E-state index in [2.05, 4.69) is 16.6 Å². The summed E-state index contributed by atoms with van der Waals surface area (Å²) in [5.41, 5.74) is 5.80. The van der Waals surface area contributed by atoms with Gasteiger partial charge in [-0.15, -0.1) is 6.42 Å². The van der Waals surface area contributed by atoms with Gasteiger partial charge < -0.3 is 26.0 Å². The number of benzene rings is 1. The number of nitrogens with two attached hydrogens (primary N) is 1. The molecule has 1 aromatic carbocycles. The summed E-state index contributed by atoms with van der Waals surface area (Å²) in [6.07, 6.45) is 8.21. The Hall–Kier alpha value is -3.54. The second kappa shape index (κ2) is 15.5. The molecule has 9 heteroatoms. The molecule has 37 heavy (non-hydrogen) atoms. The number of hydrogen-bond donors (Lipinski definition) is 3. The van der Waals surface area contributed by atoms with Crippen LogP contribution in [0.3, 0.4) is 0 Å². The van der Waals surface area contributed by atoms with Crippen LogP contribution in [-0.2, 0) is 19.1 Å². The maximum Gasteiger partial charge on any atom is 0.408 e. The van der Waals surface area contributed by atoms with Crippen molar-refractivity contribution in [2.75, 3.05) is 13.1 Å². The van der Waals surface area contributed by atoms with Gasteiger partial charge in [0.1, 0.15) is 17.7 Å². The van der Waals surface area contributed by atoms with Crippen LogP contribution in [0.25, 0.3) is 0 Å². The summed E-state index contributed by atoms with van der Waals surface area (Å²) in [6.45, 7) is 9.78.